The first-order valence-electron chi connectivity index (χ1n) is 5.57. The van der Waals surface area contributed by atoms with Crippen LogP contribution in [0, 0.1) is 0 Å². The molecule has 1 aromatic heterocycles. The molecule has 0 amide bonds. The molecule has 4 heteroatoms. The van der Waals surface area contributed by atoms with E-state index in [1.54, 1.807) is 6.20 Å². The van der Waals surface area contributed by atoms with Crippen molar-refractivity contribution >= 4 is 5.82 Å². The second-order valence-corrected chi connectivity index (χ2v) is 3.38. The Balaban J connectivity index is 2.55. The van der Waals surface area contributed by atoms with Crippen LogP contribution >= 0.6 is 0 Å². The third kappa shape index (κ3) is 3.83. The van der Waals surface area contributed by atoms with Crippen LogP contribution in [0.2, 0.25) is 0 Å². The molecule has 0 aliphatic rings. The fourth-order valence-electron chi connectivity index (χ4n) is 1.39. The molecule has 0 bridgehead atoms. The van der Waals surface area contributed by atoms with Crippen molar-refractivity contribution in [2.24, 2.45) is 0 Å². The van der Waals surface area contributed by atoms with Crippen LogP contribution in [0.4, 0.5) is 5.82 Å². The summed E-state index contributed by atoms with van der Waals surface area (Å²) >= 11 is 0. The Morgan fingerprint density at radius 1 is 1.13 bits per heavy atom. The minimum atomic E-state index is 0.848. The zero-order valence-corrected chi connectivity index (χ0v) is 9.82. The number of hydrogen-bond acceptors (Lipinski definition) is 4. The zero-order valence-electron chi connectivity index (χ0n) is 9.82. The van der Waals surface area contributed by atoms with Crippen LogP contribution in [0.1, 0.15) is 26.5 Å². The molecule has 0 aromatic carbocycles. The van der Waals surface area contributed by atoms with Gasteiger partial charge in [-0.05, 0) is 20.0 Å². The van der Waals surface area contributed by atoms with Crippen LogP contribution in [0.3, 0.4) is 0 Å². The van der Waals surface area contributed by atoms with Gasteiger partial charge in [0.2, 0.25) is 0 Å². The van der Waals surface area contributed by atoms with E-state index in [1.807, 2.05) is 13.1 Å². The van der Waals surface area contributed by atoms with Crippen molar-refractivity contribution in [2.75, 3.05) is 25.0 Å². The summed E-state index contributed by atoms with van der Waals surface area (Å²) in [7, 11) is 0. The van der Waals surface area contributed by atoms with Crippen molar-refractivity contribution in [2.45, 2.75) is 27.3 Å². The number of anilines is 1. The summed E-state index contributed by atoms with van der Waals surface area (Å²) in [5, 5.41) is 3.13. The molecule has 0 saturated carbocycles. The minimum absolute atomic E-state index is 0.848. The van der Waals surface area contributed by atoms with E-state index in [0.29, 0.717) is 0 Å². The van der Waals surface area contributed by atoms with Crippen LogP contribution in [0.15, 0.2) is 12.4 Å². The topological polar surface area (TPSA) is 41.1 Å². The van der Waals surface area contributed by atoms with E-state index in [4.69, 9.17) is 0 Å². The fourth-order valence-corrected chi connectivity index (χ4v) is 1.39. The van der Waals surface area contributed by atoms with Gasteiger partial charge in [-0.1, -0.05) is 13.8 Å². The summed E-state index contributed by atoms with van der Waals surface area (Å²) in [5.74, 6) is 0.848. The maximum atomic E-state index is 4.37. The van der Waals surface area contributed by atoms with Gasteiger partial charge in [0.25, 0.3) is 0 Å². The van der Waals surface area contributed by atoms with E-state index in [-0.39, 0.29) is 0 Å². The summed E-state index contributed by atoms with van der Waals surface area (Å²) < 4.78 is 0. The number of nitrogens with zero attached hydrogens (tertiary/aromatic N) is 3. The molecule has 4 nitrogen and oxygen atoms in total. The Morgan fingerprint density at radius 2 is 1.87 bits per heavy atom. The van der Waals surface area contributed by atoms with Gasteiger partial charge in [-0.25, -0.2) is 4.98 Å². The van der Waals surface area contributed by atoms with Gasteiger partial charge >= 0.3 is 0 Å². The second kappa shape index (κ2) is 6.35. The van der Waals surface area contributed by atoms with Crippen LogP contribution in [0.5, 0.6) is 0 Å². The van der Waals surface area contributed by atoms with Crippen LogP contribution in [-0.4, -0.2) is 34.5 Å². The van der Waals surface area contributed by atoms with E-state index in [2.05, 4.69) is 34.0 Å². The lowest BCUT2D eigenvalue weighted by atomic mass is 10.4. The highest BCUT2D eigenvalue weighted by molar-refractivity contribution is 5.30. The second-order valence-electron chi connectivity index (χ2n) is 3.38. The smallest absolute Gasteiger partial charge is 0.144 e. The highest BCUT2D eigenvalue weighted by Crippen LogP contribution is 2.03. The van der Waals surface area contributed by atoms with Crippen LogP contribution < -0.4 is 5.32 Å². The van der Waals surface area contributed by atoms with E-state index < -0.39 is 0 Å². The van der Waals surface area contributed by atoms with Crippen molar-refractivity contribution in [3.63, 3.8) is 0 Å². The summed E-state index contributed by atoms with van der Waals surface area (Å²) in [4.78, 5) is 11.0. The first-order chi connectivity index (χ1) is 7.30. The molecule has 15 heavy (non-hydrogen) atoms. The summed E-state index contributed by atoms with van der Waals surface area (Å²) in [6.07, 6.45) is 3.64. The highest BCUT2D eigenvalue weighted by atomic mass is 15.1. The number of nitrogens with one attached hydrogen (secondary N) is 1. The van der Waals surface area contributed by atoms with E-state index >= 15 is 0 Å². The SMILES string of the molecule is CCNc1cnc(CN(CC)CC)cn1. The third-order valence-electron chi connectivity index (χ3n) is 2.34. The number of rotatable bonds is 6. The predicted molar refractivity (Wildman–Crippen MR) is 62.8 cm³/mol. The molecule has 1 rings (SSSR count). The molecule has 1 aromatic rings. The summed E-state index contributed by atoms with van der Waals surface area (Å²) in [6.45, 7) is 10.2. The number of hydrogen-bond donors (Lipinski definition) is 1. The van der Waals surface area contributed by atoms with Gasteiger partial charge in [-0.2, -0.15) is 0 Å². The van der Waals surface area contributed by atoms with Gasteiger partial charge in [0.1, 0.15) is 5.82 Å². The van der Waals surface area contributed by atoms with Gasteiger partial charge in [0, 0.05) is 13.1 Å². The average molecular weight is 208 g/mol. The monoisotopic (exact) mass is 208 g/mol. The van der Waals surface area contributed by atoms with Crippen molar-refractivity contribution < 1.29 is 0 Å². The molecular weight excluding hydrogens is 188 g/mol. The Hall–Kier alpha value is -1.16. The maximum absolute atomic E-state index is 4.37. The molecule has 1 heterocycles. The standard InChI is InChI=1S/C11H20N4/c1-4-12-11-8-13-10(7-14-11)9-15(5-2)6-3/h7-8H,4-6,9H2,1-3H3,(H,12,14). The molecule has 0 saturated heterocycles. The van der Waals surface area contributed by atoms with Crippen molar-refractivity contribution in [1.82, 2.24) is 14.9 Å². The molecule has 0 aliphatic carbocycles. The maximum Gasteiger partial charge on any atom is 0.144 e. The Bertz CT molecular complexity index is 266. The van der Waals surface area contributed by atoms with Gasteiger partial charge in [0.15, 0.2) is 0 Å². The Kier molecular flexibility index (Phi) is 5.04. The molecular formula is C11H20N4. The Labute approximate surface area is 91.7 Å². The molecule has 84 valence electrons. The number of aromatic nitrogens is 2. The van der Waals surface area contributed by atoms with E-state index in [1.165, 1.54) is 0 Å². The molecule has 0 radical (unpaired) electrons. The molecule has 0 atom stereocenters. The van der Waals surface area contributed by atoms with Gasteiger partial charge < -0.3 is 5.32 Å². The quantitative estimate of drug-likeness (QED) is 0.773. The van der Waals surface area contributed by atoms with E-state index in [0.717, 1.165) is 37.7 Å². The largest absolute Gasteiger partial charge is 0.369 e. The Morgan fingerprint density at radius 3 is 2.33 bits per heavy atom. The molecule has 0 aliphatic heterocycles. The summed E-state index contributed by atoms with van der Waals surface area (Å²) in [5.41, 5.74) is 1.03. The summed E-state index contributed by atoms with van der Waals surface area (Å²) in [6, 6.07) is 0. The van der Waals surface area contributed by atoms with Crippen LogP contribution in [0.25, 0.3) is 0 Å². The van der Waals surface area contributed by atoms with Crippen molar-refractivity contribution in [3.8, 4) is 0 Å². The van der Waals surface area contributed by atoms with Gasteiger partial charge in [-0.15, -0.1) is 0 Å². The highest BCUT2D eigenvalue weighted by Gasteiger charge is 2.02. The fraction of sp³-hybridized carbons (Fsp3) is 0.636. The molecule has 0 spiro atoms. The third-order valence-corrected chi connectivity index (χ3v) is 2.34. The first kappa shape index (κ1) is 11.9. The molecule has 0 fully saturated rings. The van der Waals surface area contributed by atoms with Crippen molar-refractivity contribution in [1.29, 1.82) is 0 Å². The average Bonchev–Trinajstić information content (AvgIpc) is 2.28. The normalized spacial score (nSPS) is 10.7. The lowest BCUT2D eigenvalue weighted by Crippen LogP contribution is -2.22. The molecule has 1 N–H and O–H groups in total. The zero-order chi connectivity index (χ0) is 11.1. The van der Waals surface area contributed by atoms with Crippen molar-refractivity contribution in [3.05, 3.63) is 18.1 Å². The predicted octanol–water partition coefficient (Wildman–Crippen LogP) is 1.75. The van der Waals surface area contributed by atoms with Crippen LogP contribution in [-0.2, 0) is 6.54 Å². The van der Waals surface area contributed by atoms with E-state index in [9.17, 15) is 0 Å². The molecule has 0 unspecified atom stereocenters. The van der Waals surface area contributed by atoms with Gasteiger partial charge in [-0.3, -0.25) is 9.88 Å². The first-order valence-corrected chi connectivity index (χ1v) is 5.57. The lowest BCUT2D eigenvalue weighted by Gasteiger charge is -2.16. The van der Waals surface area contributed by atoms with Gasteiger partial charge in [0.05, 0.1) is 18.1 Å². The lowest BCUT2D eigenvalue weighted by molar-refractivity contribution is 0.292. The minimum Gasteiger partial charge on any atom is -0.369 e.